The minimum Gasteiger partial charge on any atom is -0.453 e. The van der Waals surface area contributed by atoms with Gasteiger partial charge in [0.25, 0.3) is 0 Å². The van der Waals surface area contributed by atoms with Gasteiger partial charge in [0.05, 0.1) is 22.9 Å². The summed E-state index contributed by atoms with van der Waals surface area (Å²) < 4.78 is 20.7. The first kappa shape index (κ1) is 21.3. The fourth-order valence-electron chi connectivity index (χ4n) is 3.41. The maximum absolute atomic E-state index is 14.8. The first-order valence-electron chi connectivity index (χ1n) is 10.4. The lowest BCUT2D eigenvalue weighted by atomic mass is 10.2. The lowest BCUT2D eigenvalue weighted by molar-refractivity contribution is 0.251. The van der Waals surface area contributed by atoms with Crippen molar-refractivity contribution in [1.82, 2.24) is 15.3 Å². The van der Waals surface area contributed by atoms with Gasteiger partial charge in [-0.25, -0.2) is 9.18 Å². The third kappa shape index (κ3) is 4.50. The van der Waals surface area contributed by atoms with E-state index in [9.17, 15) is 14.3 Å². The Labute approximate surface area is 192 Å². The second-order valence-corrected chi connectivity index (χ2v) is 9.38. The Hall–Kier alpha value is -3.56. The summed E-state index contributed by atoms with van der Waals surface area (Å²) >= 11 is 0. The summed E-state index contributed by atoms with van der Waals surface area (Å²) in [6, 6.07) is 9.48. The van der Waals surface area contributed by atoms with Gasteiger partial charge in [-0.1, -0.05) is 11.9 Å². The highest BCUT2D eigenvalue weighted by Crippen LogP contribution is 2.52. The molecule has 3 aromatic rings. The van der Waals surface area contributed by atoms with Crippen LogP contribution in [0, 0.1) is 5.82 Å². The largest absolute Gasteiger partial charge is 0.453 e. The fourth-order valence-corrected chi connectivity index (χ4v) is 4.97. The van der Waals surface area contributed by atoms with Crippen molar-refractivity contribution in [3.63, 3.8) is 0 Å². The molecule has 0 spiro atoms. The first-order chi connectivity index (χ1) is 16.0. The molecule has 1 aliphatic carbocycles. The van der Waals surface area contributed by atoms with E-state index in [1.165, 1.54) is 12.1 Å². The Morgan fingerprint density at radius 2 is 2.06 bits per heavy atom. The van der Waals surface area contributed by atoms with Gasteiger partial charge in [-0.15, -0.1) is 10.5 Å². The lowest BCUT2D eigenvalue weighted by Gasteiger charge is -2.14. The van der Waals surface area contributed by atoms with Crippen LogP contribution in [-0.2, 0) is 6.61 Å². The zero-order valence-electron chi connectivity index (χ0n) is 17.5. The Morgan fingerprint density at radius 1 is 1.21 bits per heavy atom. The van der Waals surface area contributed by atoms with Crippen LogP contribution in [0.4, 0.5) is 14.9 Å². The number of halogens is 1. The topological polar surface area (TPSA) is 96.4 Å². The highest BCUT2D eigenvalue weighted by Gasteiger charge is 2.25. The van der Waals surface area contributed by atoms with E-state index in [1.807, 2.05) is 18.2 Å². The molecule has 2 aromatic heterocycles. The fraction of sp³-hybridized carbons (Fsp3) is 0.167. The highest BCUT2D eigenvalue weighted by molar-refractivity contribution is 8.22. The van der Waals surface area contributed by atoms with Gasteiger partial charge in [-0.2, -0.15) is 0 Å². The van der Waals surface area contributed by atoms with E-state index < -0.39 is 16.3 Å². The second kappa shape index (κ2) is 8.76. The number of nitrogens with zero attached hydrogens (tertiary/aromatic N) is 2. The van der Waals surface area contributed by atoms with Crippen molar-refractivity contribution in [1.29, 1.82) is 0 Å². The number of carbonyl (C=O) groups excluding carboxylic acids is 1. The van der Waals surface area contributed by atoms with E-state index in [4.69, 9.17) is 4.74 Å². The maximum Gasteiger partial charge on any atom is 0.319 e. The summed E-state index contributed by atoms with van der Waals surface area (Å²) in [5, 5.41) is 14.7. The molecule has 1 unspecified atom stereocenters. The normalized spacial score (nSPS) is 16.7. The molecule has 3 N–H and O–H groups in total. The van der Waals surface area contributed by atoms with Gasteiger partial charge in [0.2, 0.25) is 0 Å². The number of aliphatic hydroxyl groups excluding tert-OH is 1. The van der Waals surface area contributed by atoms with Gasteiger partial charge >= 0.3 is 6.03 Å². The molecule has 2 amide bonds. The molecule has 1 fully saturated rings. The smallest absolute Gasteiger partial charge is 0.319 e. The van der Waals surface area contributed by atoms with E-state index in [1.54, 1.807) is 24.5 Å². The molecule has 2 aliphatic rings. The molecule has 7 nitrogen and oxygen atoms in total. The summed E-state index contributed by atoms with van der Waals surface area (Å²) in [5.74, 6) is 4.18. The Balaban J connectivity index is 1.35. The van der Waals surface area contributed by atoms with Crippen LogP contribution >= 0.6 is 10.5 Å². The predicted octanol–water partition coefficient (Wildman–Crippen LogP) is 4.76. The minimum atomic E-state index is -0.638. The van der Waals surface area contributed by atoms with E-state index in [0.29, 0.717) is 17.1 Å². The molecule has 1 atom stereocenters. The van der Waals surface area contributed by atoms with Crippen LogP contribution in [0.5, 0.6) is 11.5 Å². The quantitative estimate of drug-likeness (QED) is 0.457. The number of anilines is 1. The number of hydrogen-bond acceptors (Lipinski definition) is 5. The van der Waals surface area contributed by atoms with E-state index in [-0.39, 0.29) is 24.4 Å². The average Bonchev–Trinajstić information content (AvgIpc) is 3.56. The van der Waals surface area contributed by atoms with Gasteiger partial charge in [-0.3, -0.25) is 9.97 Å². The molecule has 168 valence electrons. The molecule has 1 aliphatic heterocycles. The van der Waals surface area contributed by atoms with Gasteiger partial charge < -0.3 is 20.5 Å². The van der Waals surface area contributed by atoms with Crippen molar-refractivity contribution in [3.05, 3.63) is 71.6 Å². The van der Waals surface area contributed by atoms with Gasteiger partial charge in [0.1, 0.15) is 5.75 Å². The standard InChI is InChI=1S/C24H21FN4O3S/c1-33-22(18-6-2-14(13-30)12-27-18)11-19-23(33)21(8-9-26-19)32-20-7-5-16(10-17(20)25)29-24(31)28-15-3-4-15/h2,5-12,15,30H,1,3-4,13H2,(H2,28,29,31). The minimum absolute atomic E-state index is 0.0347. The van der Waals surface area contributed by atoms with Crippen molar-refractivity contribution in [2.24, 2.45) is 0 Å². The zero-order valence-corrected chi connectivity index (χ0v) is 18.4. The lowest BCUT2D eigenvalue weighted by Crippen LogP contribution is -2.30. The summed E-state index contributed by atoms with van der Waals surface area (Å²) in [6.45, 7) is -0.0761. The van der Waals surface area contributed by atoms with Crippen LogP contribution in [0.25, 0.3) is 11.0 Å². The van der Waals surface area contributed by atoms with Crippen molar-refractivity contribution >= 4 is 39.1 Å². The second-order valence-electron chi connectivity index (χ2n) is 7.75. The third-order valence-electron chi connectivity index (χ3n) is 5.26. The maximum atomic E-state index is 14.8. The number of nitrogens with one attached hydrogen (secondary N) is 2. The summed E-state index contributed by atoms with van der Waals surface area (Å²) in [7, 11) is -0.638. The molecular formula is C24H21FN4O3S. The average molecular weight is 465 g/mol. The molecule has 0 saturated heterocycles. The zero-order chi connectivity index (χ0) is 22.9. The van der Waals surface area contributed by atoms with Crippen LogP contribution in [-0.4, -0.2) is 33.0 Å². The van der Waals surface area contributed by atoms with E-state index in [0.717, 1.165) is 33.9 Å². The SMILES string of the molecule is C=S1C(c2ccc(CO)cn2)=Cc2nccc(Oc3ccc(NC(=O)NC4CC4)cc3F)c21. The summed E-state index contributed by atoms with van der Waals surface area (Å²) in [4.78, 5) is 22.4. The predicted molar refractivity (Wildman–Crippen MR) is 127 cm³/mol. The molecule has 33 heavy (non-hydrogen) atoms. The summed E-state index contributed by atoms with van der Waals surface area (Å²) in [5.41, 5.74) is 2.50. The van der Waals surface area contributed by atoms with Gasteiger partial charge in [-0.05, 0) is 42.7 Å². The van der Waals surface area contributed by atoms with Crippen LogP contribution < -0.4 is 15.4 Å². The number of ether oxygens (including phenoxy) is 1. The van der Waals surface area contributed by atoms with E-state index in [2.05, 4.69) is 26.5 Å². The molecule has 1 aromatic carbocycles. The van der Waals surface area contributed by atoms with Crippen LogP contribution in [0.2, 0.25) is 0 Å². The monoisotopic (exact) mass is 464 g/mol. The number of benzene rings is 1. The van der Waals surface area contributed by atoms with Crippen LogP contribution in [0.1, 0.15) is 29.8 Å². The first-order valence-corrected chi connectivity index (χ1v) is 11.8. The number of urea groups is 1. The molecule has 1 saturated carbocycles. The summed E-state index contributed by atoms with van der Waals surface area (Å²) in [6.07, 6.45) is 7.07. The number of hydrogen-bond donors (Lipinski definition) is 3. The Morgan fingerprint density at radius 3 is 2.76 bits per heavy atom. The molecule has 0 bridgehead atoms. The number of amides is 2. The number of fused-ring (bicyclic) bond motifs is 1. The number of pyridine rings is 2. The van der Waals surface area contributed by atoms with Crippen molar-refractivity contribution in [2.75, 3.05) is 5.32 Å². The Kier molecular flexibility index (Phi) is 5.65. The van der Waals surface area contributed by atoms with Crippen LogP contribution in [0.3, 0.4) is 0 Å². The third-order valence-corrected chi connectivity index (χ3v) is 7.02. The Bertz CT molecular complexity index is 1290. The van der Waals surface area contributed by atoms with Crippen molar-refractivity contribution in [2.45, 2.75) is 30.4 Å². The van der Waals surface area contributed by atoms with Gasteiger partial charge in [0.15, 0.2) is 11.6 Å². The number of aliphatic hydroxyl groups is 1. The molecule has 3 heterocycles. The highest BCUT2D eigenvalue weighted by atomic mass is 32.2. The van der Waals surface area contributed by atoms with Gasteiger partial charge in [0, 0.05) is 41.2 Å². The molecule has 0 radical (unpaired) electrons. The van der Waals surface area contributed by atoms with Crippen molar-refractivity contribution in [3.8, 4) is 11.5 Å². The number of rotatable bonds is 6. The van der Waals surface area contributed by atoms with Crippen LogP contribution in [0.15, 0.2) is 53.7 Å². The number of aromatic nitrogens is 2. The van der Waals surface area contributed by atoms with E-state index >= 15 is 0 Å². The molecular weight excluding hydrogens is 443 g/mol. The molecule has 5 rings (SSSR count). The van der Waals surface area contributed by atoms with Crippen molar-refractivity contribution < 1.29 is 19.0 Å². The molecule has 9 heteroatoms. The number of carbonyl (C=O) groups is 1.